The van der Waals surface area contributed by atoms with Crippen LogP contribution in [0.3, 0.4) is 0 Å². The smallest absolute Gasteiger partial charge is 0.308 e. The van der Waals surface area contributed by atoms with E-state index in [0.29, 0.717) is 0 Å². The molecule has 3 amide bonds. The number of esters is 1. The first-order valence-corrected chi connectivity index (χ1v) is 7.75. The molecule has 0 unspecified atom stereocenters. The molecule has 0 fully saturated rings. The van der Waals surface area contributed by atoms with E-state index in [0.717, 1.165) is 10.5 Å². The molecule has 2 N–H and O–H groups in total. The first-order chi connectivity index (χ1) is 11.8. The van der Waals surface area contributed by atoms with Crippen LogP contribution in [-0.4, -0.2) is 55.8 Å². The Kier molecular flexibility index (Phi) is 8.11. The zero-order valence-corrected chi connectivity index (χ0v) is 14.6. The highest BCUT2D eigenvalue weighted by molar-refractivity contribution is 5.86. The Labute approximate surface area is 146 Å². The molecule has 1 atom stereocenters. The van der Waals surface area contributed by atoms with Crippen molar-refractivity contribution in [2.45, 2.75) is 19.4 Å². The van der Waals surface area contributed by atoms with Gasteiger partial charge in [-0.3, -0.25) is 19.2 Å². The van der Waals surface area contributed by atoms with Crippen LogP contribution in [0.15, 0.2) is 30.3 Å². The molecule has 0 saturated carbocycles. The lowest BCUT2D eigenvalue weighted by atomic mass is 10.0. The van der Waals surface area contributed by atoms with Gasteiger partial charge in [-0.25, -0.2) is 0 Å². The van der Waals surface area contributed by atoms with Gasteiger partial charge in [-0.05, 0) is 5.56 Å². The van der Waals surface area contributed by atoms with Crippen molar-refractivity contribution in [2.24, 2.45) is 0 Å². The van der Waals surface area contributed by atoms with Gasteiger partial charge in [0, 0.05) is 21.0 Å². The summed E-state index contributed by atoms with van der Waals surface area (Å²) in [6, 6.07) is 8.46. The molecule has 136 valence electrons. The van der Waals surface area contributed by atoms with E-state index in [4.69, 9.17) is 4.74 Å². The molecule has 0 aliphatic rings. The van der Waals surface area contributed by atoms with Gasteiger partial charge < -0.3 is 20.3 Å². The van der Waals surface area contributed by atoms with Gasteiger partial charge in [-0.1, -0.05) is 30.3 Å². The van der Waals surface area contributed by atoms with Gasteiger partial charge in [-0.2, -0.15) is 0 Å². The van der Waals surface area contributed by atoms with Gasteiger partial charge in [0.05, 0.1) is 19.0 Å². The summed E-state index contributed by atoms with van der Waals surface area (Å²) in [7, 11) is 2.90. The highest BCUT2D eigenvalue weighted by atomic mass is 16.5. The molecule has 8 heteroatoms. The lowest BCUT2D eigenvalue weighted by Gasteiger charge is -2.19. The Morgan fingerprint density at radius 2 is 1.80 bits per heavy atom. The van der Waals surface area contributed by atoms with Crippen LogP contribution < -0.4 is 10.6 Å². The summed E-state index contributed by atoms with van der Waals surface area (Å²) >= 11 is 0. The van der Waals surface area contributed by atoms with Crippen LogP contribution in [0.25, 0.3) is 0 Å². The molecule has 0 aromatic heterocycles. The Morgan fingerprint density at radius 3 is 2.36 bits per heavy atom. The van der Waals surface area contributed by atoms with Gasteiger partial charge >= 0.3 is 5.97 Å². The van der Waals surface area contributed by atoms with Gasteiger partial charge in [0.1, 0.15) is 0 Å². The van der Waals surface area contributed by atoms with E-state index in [1.807, 2.05) is 6.07 Å². The molecule has 0 saturated heterocycles. The average Bonchev–Trinajstić information content (AvgIpc) is 2.59. The molecule has 1 aromatic carbocycles. The van der Waals surface area contributed by atoms with Crippen LogP contribution in [-0.2, 0) is 23.9 Å². The number of benzene rings is 1. The summed E-state index contributed by atoms with van der Waals surface area (Å²) in [6.45, 7) is 0.776. The number of rotatable bonds is 8. The predicted octanol–water partition coefficient (Wildman–Crippen LogP) is 0.00150. The van der Waals surface area contributed by atoms with Crippen LogP contribution in [0.5, 0.6) is 0 Å². The number of nitrogens with one attached hydrogen (secondary N) is 2. The monoisotopic (exact) mass is 349 g/mol. The van der Waals surface area contributed by atoms with E-state index in [1.54, 1.807) is 24.3 Å². The minimum absolute atomic E-state index is 0.101. The number of carbonyl (C=O) groups excluding carboxylic acids is 4. The van der Waals surface area contributed by atoms with Gasteiger partial charge in [0.25, 0.3) is 5.91 Å². The molecule has 0 spiro atoms. The molecular formula is C17H23N3O5. The van der Waals surface area contributed by atoms with Crippen LogP contribution in [0, 0.1) is 0 Å². The van der Waals surface area contributed by atoms with E-state index in [9.17, 15) is 19.2 Å². The molecule has 1 rings (SSSR count). The van der Waals surface area contributed by atoms with Gasteiger partial charge in [0.15, 0.2) is 6.61 Å². The second-order valence-electron chi connectivity index (χ2n) is 5.45. The lowest BCUT2D eigenvalue weighted by Crippen LogP contribution is -2.39. The number of hydrogen-bond donors (Lipinski definition) is 2. The van der Waals surface area contributed by atoms with Crippen molar-refractivity contribution >= 4 is 23.7 Å². The van der Waals surface area contributed by atoms with Crippen molar-refractivity contribution in [3.63, 3.8) is 0 Å². The number of hydrogen-bond acceptors (Lipinski definition) is 5. The maximum Gasteiger partial charge on any atom is 0.308 e. The number of carbonyl (C=O) groups is 4. The van der Waals surface area contributed by atoms with Crippen LogP contribution in [0.2, 0.25) is 0 Å². The van der Waals surface area contributed by atoms with Crippen LogP contribution in [0.4, 0.5) is 0 Å². The van der Waals surface area contributed by atoms with Crippen molar-refractivity contribution in [2.75, 3.05) is 27.2 Å². The zero-order chi connectivity index (χ0) is 18.8. The van der Waals surface area contributed by atoms with Crippen molar-refractivity contribution in [3.8, 4) is 0 Å². The van der Waals surface area contributed by atoms with Crippen molar-refractivity contribution in [1.29, 1.82) is 0 Å². The summed E-state index contributed by atoms with van der Waals surface area (Å²) in [6.07, 6.45) is -0.101. The summed E-state index contributed by atoms with van der Waals surface area (Å²) in [5.74, 6) is -1.71. The van der Waals surface area contributed by atoms with Crippen LogP contribution in [0.1, 0.15) is 24.9 Å². The molecule has 8 nitrogen and oxygen atoms in total. The normalized spacial score (nSPS) is 11.2. The third-order valence-corrected chi connectivity index (χ3v) is 3.39. The number of likely N-dealkylation sites (N-methyl/N-ethyl adjacent to an activating group) is 2. The summed E-state index contributed by atoms with van der Waals surface area (Å²) in [5, 5.41) is 5.08. The van der Waals surface area contributed by atoms with E-state index < -0.39 is 24.5 Å². The lowest BCUT2D eigenvalue weighted by molar-refractivity contribution is -0.152. The standard InChI is InChI=1S/C17H23N3O5/c1-12(21)19-14(13-7-5-4-6-8-13)9-17(24)25-11-16(23)20(3)10-15(22)18-2/h4-8,14H,9-11H2,1-3H3,(H,18,22)(H,19,21)/t14-/m0/s1. The fourth-order valence-corrected chi connectivity index (χ4v) is 2.04. The van der Waals surface area contributed by atoms with Crippen LogP contribution >= 0.6 is 0 Å². The van der Waals surface area contributed by atoms with Crippen molar-refractivity contribution in [3.05, 3.63) is 35.9 Å². The minimum atomic E-state index is -0.621. The molecule has 0 aliphatic carbocycles. The maximum atomic E-state index is 12.0. The Hall–Kier alpha value is -2.90. The summed E-state index contributed by atoms with van der Waals surface area (Å²) in [4.78, 5) is 47.5. The quantitative estimate of drug-likeness (QED) is 0.643. The molecule has 0 radical (unpaired) electrons. The van der Waals surface area contributed by atoms with E-state index in [-0.39, 0.29) is 24.8 Å². The first-order valence-electron chi connectivity index (χ1n) is 7.75. The third-order valence-electron chi connectivity index (χ3n) is 3.39. The minimum Gasteiger partial charge on any atom is -0.455 e. The number of nitrogens with zero attached hydrogens (tertiary/aromatic N) is 1. The zero-order valence-electron chi connectivity index (χ0n) is 14.6. The Bertz CT molecular complexity index is 618. The Balaban J connectivity index is 2.56. The molecule has 0 heterocycles. The highest BCUT2D eigenvalue weighted by Crippen LogP contribution is 2.17. The SMILES string of the molecule is CNC(=O)CN(C)C(=O)COC(=O)C[C@H](NC(C)=O)c1ccccc1. The average molecular weight is 349 g/mol. The molecule has 1 aromatic rings. The molecule has 0 aliphatic heterocycles. The van der Waals surface area contributed by atoms with E-state index >= 15 is 0 Å². The predicted molar refractivity (Wildman–Crippen MR) is 90.3 cm³/mol. The second-order valence-corrected chi connectivity index (χ2v) is 5.45. The first kappa shape index (κ1) is 20.1. The maximum absolute atomic E-state index is 12.0. The largest absolute Gasteiger partial charge is 0.455 e. The molecule has 25 heavy (non-hydrogen) atoms. The Morgan fingerprint density at radius 1 is 1.16 bits per heavy atom. The van der Waals surface area contributed by atoms with E-state index in [1.165, 1.54) is 21.0 Å². The van der Waals surface area contributed by atoms with E-state index in [2.05, 4.69) is 10.6 Å². The summed E-state index contributed by atoms with van der Waals surface area (Å²) < 4.78 is 4.96. The topological polar surface area (TPSA) is 105 Å². The van der Waals surface area contributed by atoms with Gasteiger partial charge in [0.2, 0.25) is 11.8 Å². The summed E-state index contributed by atoms with van der Waals surface area (Å²) in [5.41, 5.74) is 0.762. The highest BCUT2D eigenvalue weighted by Gasteiger charge is 2.20. The second kappa shape index (κ2) is 10.1. The van der Waals surface area contributed by atoms with Gasteiger partial charge in [-0.15, -0.1) is 0 Å². The molecular weight excluding hydrogens is 326 g/mol. The fourth-order valence-electron chi connectivity index (χ4n) is 2.04. The van der Waals surface area contributed by atoms with Crippen molar-refractivity contribution in [1.82, 2.24) is 15.5 Å². The number of amides is 3. The number of ether oxygens (including phenoxy) is 1. The van der Waals surface area contributed by atoms with Crippen molar-refractivity contribution < 1.29 is 23.9 Å². The molecule has 0 bridgehead atoms. The fraction of sp³-hybridized carbons (Fsp3) is 0.412. The third kappa shape index (κ3) is 7.47.